The summed E-state index contributed by atoms with van der Waals surface area (Å²) >= 11 is 1.72. The Bertz CT molecular complexity index is 790. The summed E-state index contributed by atoms with van der Waals surface area (Å²) in [6, 6.07) is 6.07. The Morgan fingerprint density at radius 2 is 2.35 bits per heavy atom. The van der Waals surface area contributed by atoms with Gasteiger partial charge < -0.3 is 9.73 Å². The maximum atomic E-state index is 12.1. The molecule has 4 heterocycles. The summed E-state index contributed by atoms with van der Waals surface area (Å²) < 4.78 is 5.40. The molecule has 0 unspecified atom stereocenters. The highest BCUT2D eigenvalue weighted by molar-refractivity contribution is 7.09. The van der Waals surface area contributed by atoms with Crippen LogP contribution in [-0.4, -0.2) is 17.3 Å². The van der Waals surface area contributed by atoms with Crippen molar-refractivity contribution in [3.63, 3.8) is 0 Å². The predicted octanol–water partition coefficient (Wildman–Crippen LogP) is 3.48. The van der Waals surface area contributed by atoms with E-state index in [-0.39, 0.29) is 5.78 Å². The Kier molecular flexibility index (Phi) is 2.60. The molecule has 0 fully saturated rings. The third kappa shape index (κ3) is 1.74. The van der Waals surface area contributed by atoms with Crippen LogP contribution in [0.2, 0.25) is 0 Å². The van der Waals surface area contributed by atoms with Crippen molar-refractivity contribution < 1.29 is 9.21 Å². The maximum Gasteiger partial charge on any atom is 0.226 e. The lowest BCUT2D eigenvalue weighted by atomic mass is 9.99. The van der Waals surface area contributed by atoms with Gasteiger partial charge in [-0.25, -0.2) is 4.98 Å². The molecule has 4 rings (SSSR count). The van der Waals surface area contributed by atoms with E-state index in [1.807, 2.05) is 12.1 Å². The van der Waals surface area contributed by atoms with Crippen LogP contribution in [0.15, 0.2) is 34.3 Å². The van der Waals surface area contributed by atoms with Gasteiger partial charge in [-0.1, -0.05) is 6.07 Å². The highest BCUT2D eigenvalue weighted by atomic mass is 32.1. The minimum Gasteiger partial charge on any atom is -0.446 e. The molecule has 0 aliphatic carbocycles. The summed E-state index contributed by atoms with van der Waals surface area (Å²) in [6.45, 7) is 0.675. The fourth-order valence-electron chi connectivity index (χ4n) is 2.64. The lowest BCUT2D eigenvalue weighted by Crippen LogP contribution is -2.21. The summed E-state index contributed by atoms with van der Waals surface area (Å²) in [7, 11) is 0. The van der Waals surface area contributed by atoms with Gasteiger partial charge in [-0.2, -0.15) is 0 Å². The van der Waals surface area contributed by atoms with Crippen LogP contribution >= 0.6 is 11.3 Å². The summed E-state index contributed by atoms with van der Waals surface area (Å²) in [5.74, 6) is 0.0875. The zero-order valence-electron chi connectivity index (χ0n) is 10.7. The van der Waals surface area contributed by atoms with Crippen LogP contribution in [0.25, 0.3) is 11.1 Å². The van der Waals surface area contributed by atoms with Crippen molar-refractivity contribution in [2.45, 2.75) is 12.8 Å². The van der Waals surface area contributed by atoms with Crippen LogP contribution in [0.3, 0.4) is 0 Å². The normalized spacial score (nSPS) is 14.3. The summed E-state index contributed by atoms with van der Waals surface area (Å²) in [5, 5.41) is 6.38. The van der Waals surface area contributed by atoms with Crippen LogP contribution in [0, 0.1) is 0 Å². The maximum absolute atomic E-state index is 12.1. The lowest BCUT2D eigenvalue weighted by molar-refractivity contribution is 0.0979. The number of fused-ring (bicyclic) bond motifs is 2. The van der Waals surface area contributed by atoms with E-state index in [0.29, 0.717) is 24.4 Å². The molecule has 20 heavy (non-hydrogen) atoms. The Morgan fingerprint density at radius 1 is 1.40 bits per heavy atom. The van der Waals surface area contributed by atoms with Gasteiger partial charge in [-0.3, -0.25) is 4.79 Å². The van der Waals surface area contributed by atoms with E-state index in [1.54, 1.807) is 17.6 Å². The predicted molar refractivity (Wildman–Crippen MR) is 78.6 cm³/mol. The molecule has 0 bridgehead atoms. The molecule has 0 atom stereocenters. The molecule has 3 aromatic rings. The largest absolute Gasteiger partial charge is 0.446 e. The van der Waals surface area contributed by atoms with Crippen LogP contribution in [-0.2, 0) is 6.42 Å². The number of furan rings is 1. The topological polar surface area (TPSA) is 55.1 Å². The van der Waals surface area contributed by atoms with E-state index in [4.69, 9.17) is 4.42 Å². The second kappa shape index (κ2) is 4.45. The monoisotopic (exact) mass is 284 g/mol. The minimum absolute atomic E-state index is 0.0875. The zero-order valence-corrected chi connectivity index (χ0v) is 11.5. The van der Waals surface area contributed by atoms with E-state index in [0.717, 1.165) is 23.1 Å². The Morgan fingerprint density at radius 3 is 3.20 bits per heavy atom. The first-order chi connectivity index (χ1) is 9.83. The Hall–Kier alpha value is -2.14. The standard InChI is InChI=1S/C15H12N2O2S/c18-12-3-5-16-13-11(8-9-2-1-7-20-9)10-4-6-19-15(10)17-14(12)13/h1-2,4,6-7,16H,3,5,8H2. The van der Waals surface area contributed by atoms with Gasteiger partial charge in [-0.05, 0) is 23.1 Å². The first-order valence-electron chi connectivity index (χ1n) is 6.52. The number of nitrogens with zero attached hydrogens (tertiary/aromatic N) is 1. The summed E-state index contributed by atoms with van der Waals surface area (Å²) in [5.41, 5.74) is 3.05. The minimum atomic E-state index is 0.0875. The molecule has 1 aliphatic rings. The molecule has 0 saturated heterocycles. The van der Waals surface area contributed by atoms with Crippen molar-refractivity contribution in [2.24, 2.45) is 0 Å². The van der Waals surface area contributed by atoms with Crippen molar-refractivity contribution >= 4 is 33.9 Å². The van der Waals surface area contributed by atoms with Crippen molar-refractivity contribution in [3.8, 4) is 0 Å². The number of nitrogens with one attached hydrogen (secondary N) is 1. The molecule has 100 valence electrons. The molecule has 0 aromatic carbocycles. The fraction of sp³-hybridized carbons (Fsp3) is 0.200. The number of hydrogen-bond donors (Lipinski definition) is 1. The number of Topliss-reactive ketones (excluding diaryl/α,β-unsaturated/α-hetero) is 1. The molecular formula is C15H12N2O2S. The molecule has 0 radical (unpaired) electrons. The van der Waals surface area contributed by atoms with Crippen LogP contribution in [0.1, 0.15) is 27.3 Å². The molecule has 0 amide bonds. The zero-order chi connectivity index (χ0) is 13.5. The second-order valence-electron chi connectivity index (χ2n) is 4.81. The summed E-state index contributed by atoms with van der Waals surface area (Å²) in [4.78, 5) is 17.7. The number of aromatic nitrogens is 1. The number of carbonyl (C=O) groups is 1. The van der Waals surface area contributed by atoms with E-state index in [9.17, 15) is 4.79 Å². The summed E-state index contributed by atoms with van der Waals surface area (Å²) in [6.07, 6.45) is 2.91. The van der Waals surface area contributed by atoms with Gasteiger partial charge in [0.25, 0.3) is 0 Å². The fourth-order valence-corrected chi connectivity index (χ4v) is 3.35. The highest BCUT2D eigenvalue weighted by Crippen LogP contribution is 2.33. The van der Waals surface area contributed by atoms with Gasteiger partial charge in [0.2, 0.25) is 5.71 Å². The Balaban J connectivity index is 1.96. The number of rotatable bonds is 2. The molecule has 4 nitrogen and oxygen atoms in total. The highest BCUT2D eigenvalue weighted by Gasteiger charge is 2.24. The average molecular weight is 284 g/mol. The number of carbonyl (C=O) groups excluding carboxylic acids is 1. The number of thiophene rings is 1. The molecule has 5 heteroatoms. The SMILES string of the molecule is O=C1CCNc2c1nc1occc1c2Cc1cccs1. The number of ketones is 1. The number of anilines is 1. The molecular weight excluding hydrogens is 272 g/mol. The van der Waals surface area contributed by atoms with Crippen molar-refractivity contribution in [1.29, 1.82) is 0 Å². The van der Waals surface area contributed by atoms with Gasteiger partial charge >= 0.3 is 0 Å². The smallest absolute Gasteiger partial charge is 0.226 e. The van der Waals surface area contributed by atoms with Crippen molar-refractivity contribution in [3.05, 3.63) is 46.0 Å². The Labute approximate surface area is 119 Å². The molecule has 0 spiro atoms. The van der Waals surface area contributed by atoms with Gasteiger partial charge in [0, 0.05) is 29.6 Å². The first kappa shape index (κ1) is 11.7. The third-order valence-corrected chi connectivity index (χ3v) is 4.45. The van der Waals surface area contributed by atoms with Gasteiger partial charge in [0.15, 0.2) is 5.78 Å². The molecule has 3 aromatic heterocycles. The second-order valence-corrected chi connectivity index (χ2v) is 5.84. The van der Waals surface area contributed by atoms with Gasteiger partial charge in [-0.15, -0.1) is 11.3 Å². The van der Waals surface area contributed by atoms with Gasteiger partial charge in [0.05, 0.1) is 12.0 Å². The number of hydrogen-bond acceptors (Lipinski definition) is 5. The van der Waals surface area contributed by atoms with Crippen molar-refractivity contribution in [1.82, 2.24) is 4.98 Å². The lowest BCUT2D eigenvalue weighted by Gasteiger charge is -2.19. The van der Waals surface area contributed by atoms with Crippen LogP contribution < -0.4 is 5.32 Å². The van der Waals surface area contributed by atoms with Crippen LogP contribution in [0.4, 0.5) is 5.69 Å². The van der Waals surface area contributed by atoms with E-state index in [1.165, 1.54) is 4.88 Å². The molecule has 1 aliphatic heterocycles. The molecule has 0 saturated carbocycles. The van der Waals surface area contributed by atoms with Crippen LogP contribution in [0.5, 0.6) is 0 Å². The average Bonchev–Trinajstić information content (AvgIpc) is 3.10. The van der Waals surface area contributed by atoms with E-state index in [2.05, 4.69) is 21.7 Å². The van der Waals surface area contributed by atoms with Gasteiger partial charge in [0.1, 0.15) is 5.69 Å². The van der Waals surface area contributed by atoms with Crippen molar-refractivity contribution in [2.75, 3.05) is 11.9 Å². The molecule has 1 N–H and O–H groups in total. The third-order valence-electron chi connectivity index (χ3n) is 3.57. The van der Waals surface area contributed by atoms with E-state index >= 15 is 0 Å². The number of pyridine rings is 1. The van der Waals surface area contributed by atoms with E-state index < -0.39 is 0 Å². The first-order valence-corrected chi connectivity index (χ1v) is 7.40. The quantitative estimate of drug-likeness (QED) is 0.782.